The third kappa shape index (κ3) is 6.70. The topological polar surface area (TPSA) is 54.2 Å². The van der Waals surface area contributed by atoms with E-state index in [1.54, 1.807) is 12.1 Å². The Balaban J connectivity index is 1.83. The standard InChI is InChI=1S/C21H32FN5/c1-5-23-20(25-11-6-7-13-27-14-12-24-17(27)2)26-16-21(3,4)18-9-8-10-19(22)15-18/h8-10,12,14-15H,5-7,11,13,16H2,1-4H3,(H2,23,25,26). The van der Waals surface area contributed by atoms with Crippen LogP contribution in [0.5, 0.6) is 0 Å². The molecule has 148 valence electrons. The first-order chi connectivity index (χ1) is 12.9. The first-order valence-corrected chi connectivity index (χ1v) is 9.68. The van der Waals surface area contributed by atoms with Gasteiger partial charge in [0.1, 0.15) is 11.6 Å². The molecule has 0 unspecified atom stereocenters. The highest BCUT2D eigenvalue weighted by atomic mass is 19.1. The van der Waals surface area contributed by atoms with E-state index in [2.05, 4.69) is 41.0 Å². The zero-order chi connectivity index (χ0) is 19.7. The normalized spacial score (nSPS) is 12.3. The average Bonchev–Trinajstić information content (AvgIpc) is 3.04. The molecule has 0 fully saturated rings. The number of rotatable bonds is 9. The van der Waals surface area contributed by atoms with Gasteiger partial charge in [-0.3, -0.25) is 4.99 Å². The number of halogens is 1. The molecule has 27 heavy (non-hydrogen) atoms. The van der Waals surface area contributed by atoms with Gasteiger partial charge < -0.3 is 15.2 Å². The van der Waals surface area contributed by atoms with Crippen molar-refractivity contribution in [3.63, 3.8) is 0 Å². The van der Waals surface area contributed by atoms with Gasteiger partial charge in [0.05, 0.1) is 6.54 Å². The number of aryl methyl sites for hydroxylation is 2. The van der Waals surface area contributed by atoms with Crippen molar-refractivity contribution >= 4 is 5.96 Å². The fourth-order valence-corrected chi connectivity index (χ4v) is 2.87. The third-order valence-corrected chi connectivity index (χ3v) is 4.62. The minimum atomic E-state index is -0.233. The number of benzene rings is 1. The summed E-state index contributed by atoms with van der Waals surface area (Å²) in [6.07, 6.45) is 5.99. The van der Waals surface area contributed by atoms with Crippen LogP contribution in [0.2, 0.25) is 0 Å². The molecular weight excluding hydrogens is 341 g/mol. The van der Waals surface area contributed by atoms with Gasteiger partial charge in [0.2, 0.25) is 0 Å². The lowest BCUT2D eigenvalue weighted by molar-refractivity contribution is 0.528. The molecule has 5 nitrogen and oxygen atoms in total. The Morgan fingerprint density at radius 3 is 2.74 bits per heavy atom. The second-order valence-corrected chi connectivity index (χ2v) is 7.39. The fraction of sp³-hybridized carbons (Fsp3) is 0.524. The van der Waals surface area contributed by atoms with Crippen molar-refractivity contribution in [2.24, 2.45) is 4.99 Å². The molecule has 2 aromatic rings. The summed E-state index contributed by atoms with van der Waals surface area (Å²) in [5.74, 6) is 1.65. The molecule has 0 spiro atoms. The number of imidazole rings is 1. The zero-order valence-electron chi connectivity index (χ0n) is 16.9. The van der Waals surface area contributed by atoms with Gasteiger partial charge in [-0.05, 0) is 44.4 Å². The van der Waals surface area contributed by atoms with Crippen LogP contribution in [-0.4, -0.2) is 35.1 Å². The lowest BCUT2D eigenvalue weighted by Crippen LogP contribution is -2.39. The monoisotopic (exact) mass is 373 g/mol. The minimum Gasteiger partial charge on any atom is -0.357 e. The largest absolute Gasteiger partial charge is 0.357 e. The summed E-state index contributed by atoms with van der Waals surface area (Å²) in [5, 5.41) is 6.67. The molecular formula is C21H32FN5. The van der Waals surface area contributed by atoms with E-state index >= 15 is 0 Å². The van der Waals surface area contributed by atoms with Crippen molar-refractivity contribution < 1.29 is 4.39 Å². The maximum atomic E-state index is 13.5. The third-order valence-electron chi connectivity index (χ3n) is 4.62. The molecule has 1 heterocycles. The van der Waals surface area contributed by atoms with E-state index in [4.69, 9.17) is 4.99 Å². The van der Waals surface area contributed by atoms with Gasteiger partial charge in [0.15, 0.2) is 5.96 Å². The van der Waals surface area contributed by atoms with Crippen LogP contribution in [-0.2, 0) is 12.0 Å². The lowest BCUT2D eigenvalue weighted by Gasteiger charge is -2.24. The molecule has 0 radical (unpaired) electrons. The van der Waals surface area contributed by atoms with Gasteiger partial charge in [-0.15, -0.1) is 0 Å². The minimum absolute atomic E-state index is 0.206. The SMILES string of the molecule is CCNC(=NCC(C)(C)c1cccc(F)c1)NCCCCn1ccnc1C. The number of unbranched alkanes of at least 4 members (excludes halogenated alkanes) is 1. The van der Waals surface area contributed by atoms with Gasteiger partial charge in [-0.1, -0.05) is 26.0 Å². The van der Waals surface area contributed by atoms with Crippen molar-refractivity contribution in [2.75, 3.05) is 19.6 Å². The highest BCUT2D eigenvalue weighted by Gasteiger charge is 2.21. The molecule has 1 aromatic carbocycles. The van der Waals surface area contributed by atoms with Gasteiger partial charge in [-0.25, -0.2) is 9.37 Å². The average molecular weight is 374 g/mol. The molecule has 0 atom stereocenters. The predicted molar refractivity (Wildman–Crippen MR) is 110 cm³/mol. The van der Waals surface area contributed by atoms with E-state index < -0.39 is 0 Å². The molecule has 2 rings (SSSR count). The van der Waals surface area contributed by atoms with Crippen molar-refractivity contribution in [2.45, 2.75) is 52.5 Å². The van der Waals surface area contributed by atoms with Gasteiger partial charge in [0, 0.05) is 37.4 Å². The van der Waals surface area contributed by atoms with Crippen molar-refractivity contribution in [1.82, 2.24) is 20.2 Å². The van der Waals surface area contributed by atoms with Crippen LogP contribution in [0.4, 0.5) is 4.39 Å². The smallest absolute Gasteiger partial charge is 0.191 e. The van der Waals surface area contributed by atoms with Gasteiger partial charge in [-0.2, -0.15) is 0 Å². The zero-order valence-corrected chi connectivity index (χ0v) is 16.9. The Morgan fingerprint density at radius 2 is 2.07 bits per heavy atom. The number of aromatic nitrogens is 2. The Bertz CT molecular complexity index is 736. The molecule has 2 N–H and O–H groups in total. The van der Waals surface area contributed by atoms with Crippen LogP contribution >= 0.6 is 0 Å². The van der Waals surface area contributed by atoms with Crippen LogP contribution < -0.4 is 10.6 Å². The van der Waals surface area contributed by atoms with Crippen LogP contribution in [0.1, 0.15) is 45.0 Å². The Kier molecular flexibility index (Phi) is 7.82. The van der Waals surface area contributed by atoms with Crippen molar-refractivity contribution in [1.29, 1.82) is 0 Å². The Labute approximate surface area is 162 Å². The van der Waals surface area contributed by atoms with Gasteiger partial charge in [0.25, 0.3) is 0 Å². The van der Waals surface area contributed by atoms with Crippen LogP contribution in [0.25, 0.3) is 0 Å². The summed E-state index contributed by atoms with van der Waals surface area (Å²) >= 11 is 0. The first-order valence-electron chi connectivity index (χ1n) is 9.68. The van der Waals surface area contributed by atoms with E-state index in [-0.39, 0.29) is 11.2 Å². The van der Waals surface area contributed by atoms with E-state index in [0.717, 1.165) is 49.8 Å². The molecule has 0 saturated heterocycles. The van der Waals surface area contributed by atoms with Gasteiger partial charge >= 0.3 is 0 Å². The summed E-state index contributed by atoms with van der Waals surface area (Å²) in [6.45, 7) is 11.5. The highest BCUT2D eigenvalue weighted by molar-refractivity contribution is 5.79. The Morgan fingerprint density at radius 1 is 1.26 bits per heavy atom. The van der Waals surface area contributed by atoms with Crippen LogP contribution in [0.15, 0.2) is 41.7 Å². The molecule has 0 aliphatic carbocycles. The number of hydrogen-bond donors (Lipinski definition) is 2. The number of guanidine groups is 1. The number of nitrogens with one attached hydrogen (secondary N) is 2. The summed E-state index contributed by atoms with van der Waals surface area (Å²) in [6, 6.07) is 6.77. The molecule has 0 aliphatic heterocycles. The summed E-state index contributed by atoms with van der Waals surface area (Å²) in [5.41, 5.74) is 0.724. The van der Waals surface area contributed by atoms with E-state index in [1.165, 1.54) is 6.07 Å². The number of aliphatic imine (C=N–C) groups is 1. The number of nitrogens with zero attached hydrogens (tertiary/aromatic N) is 3. The predicted octanol–water partition coefficient (Wildman–Crippen LogP) is 3.64. The second kappa shape index (κ2) is 10.1. The molecule has 0 bridgehead atoms. The highest BCUT2D eigenvalue weighted by Crippen LogP contribution is 2.24. The van der Waals surface area contributed by atoms with E-state index in [9.17, 15) is 4.39 Å². The summed E-state index contributed by atoms with van der Waals surface area (Å²) in [4.78, 5) is 8.95. The molecule has 0 amide bonds. The molecule has 6 heteroatoms. The van der Waals surface area contributed by atoms with Crippen molar-refractivity contribution in [3.8, 4) is 0 Å². The summed E-state index contributed by atoms with van der Waals surface area (Å²) in [7, 11) is 0. The van der Waals surface area contributed by atoms with Crippen LogP contribution in [0.3, 0.4) is 0 Å². The molecule has 1 aromatic heterocycles. The molecule has 0 saturated carbocycles. The Hall–Kier alpha value is -2.37. The van der Waals surface area contributed by atoms with E-state index in [1.807, 2.05) is 25.4 Å². The van der Waals surface area contributed by atoms with Crippen molar-refractivity contribution in [3.05, 3.63) is 53.9 Å². The molecule has 0 aliphatic rings. The fourth-order valence-electron chi connectivity index (χ4n) is 2.87. The lowest BCUT2D eigenvalue weighted by atomic mass is 9.85. The maximum Gasteiger partial charge on any atom is 0.191 e. The summed E-state index contributed by atoms with van der Waals surface area (Å²) < 4.78 is 15.7. The van der Waals surface area contributed by atoms with E-state index in [0.29, 0.717) is 6.54 Å². The second-order valence-electron chi connectivity index (χ2n) is 7.39. The van der Waals surface area contributed by atoms with Crippen LogP contribution in [0, 0.1) is 12.7 Å². The quantitative estimate of drug-likeness (QED) is 0.401. The first kappa shape index (κ1) is 20.9. The maximum absolute atomic E-state index is 13.5. The number of hydrogen-bond acceptors (Lipinski definition) is 2.